The van der Waals surface area contributed by atoms with Crippen molar-refractivity contribution in [3.05, 3.63) is 59.5 Å². The predicted octanol–water partition coefficient (Wildman–Crippen LogP) is 2.85. The molecule has 2 heterocycles. The lowest BCUT2D eigenvalue weighted by Gasteiger charge is -2.35. The van der Waals surface area contributed by atoms with Crippen molar-refractivity contribution in [2.24, 2.45) is 0 Å². The van der Waals surface area contributed by atoms with E-state index >= 15 is 0 Å². The molecule has 0 aliphatic carbocycles. The highest BCUT2D eigenvalue weighted by atomic mass is 16.3. The highest BCUT2D eigenvalue weighted by Crippen LogP contribution is 2.21. The second kappa shape index (κ2) is 6.79. The van der Waals surface area contributed by atoms with Crippen molar-refractivity contribution in [3.63, 3.8) is 0 Å². The van der Waals surface area contributed by atoms with Crippen molar-refractivity contribution < 1.29 is 9.21 Å². The number of hydrogen-bond acceptors (Lipinski definition) is 3. The zero-order valence-corrected chi connectivity index (χ0v) is 12.9. The molecule has 2 aromatic rings. The highest BCUT2D eigenvalue weighted by molar-refractivity contribution is 5.91. The molecule has 1 aromatic carbocycles. The lowest BCUT2D eigenvalue weighted by atomic mass is 9.98. The van der Waals surface area contributed by atoms with Gasteiger partial charge in [-0.3, -0.25) is 9.69 Å². The molecule has 1 aliphatic heterocycles. The minimum absolute atomic E-state index is 0.138. The van der Waals surface area contributed by atoms with E-state index in [1.54, 1.807) is 12.1 Å². The van der Waals surface area contributed by atoms with E-state index in [9.17, 15) is 4.79 Å². The fourth-order valence-electron chi connectivity index (χ4n) is 3.07. The molecule has 1 aliphatic rings. The van der Waals surface area contributed by atoms with Crippen LogP contribution in [0.25, 0.3) is 0 Å². The molecule has 4 nitrogen and oxygen atoms in total. The Morgan fingerprint density at radius 1 is 1.27 bits per heavy atom. The average molecular weight is 298 g/mol. The standard InChI is InChI=1S/C18H22N2O2/c1-2-16(12-19-18(21)17-8-5-11-22-17)20-10-9-14-6-3-4-7-15(14)13-20/h3-8,11,16H,2,9-10,12-13H2,1H3,(H,19,21). The monoisotopic (exact) mass is 298 g/mol. The predicted molar refractivity (Wildman–Crippen MR) is 85.7 cm³/mol. The van der Waals surface area contributed by atoms with E-state index in [2.05, 4.69) is 41.4 Å². The number of hydrogen-bond donors (Lipinski definition) is 1. The number of benzene rings is 1. The summed E-state index contributed by atoms with van der Waals surface area (Å²) in [5.41, 5.74) is 2.86. The lowest BCUT2D eigenvalue weighted by Crippen LogP contribution is -2.45. The SMILES string of the molecule is CCC(CNC(=O)c1ccco1)N1CCc2ccccc2C1. The van der Waals surface area contributed by atoms with Crippen LogP contribution in [0.1, 0.15) is 35.0 Å². The molecule has 22 heavy (non-hydrogen) atoms. The molecule has 0 fully saturated rings. The number of carbonyl (C=O) groups is 1. The van der Waals surface area contributed by atoms with Crippen LogP contribution < -0.4 is 5.32 Å². The number of amides is 1. The summed E-state index contributed by atoms with van der Waals surface area (Å²) in [4.78, 5) is 14.4. The van der Waals surface area contributed by atoms with Crippen molar-refractivity contribution in [2.45, 2.75) is 32.4 Å². The number of furan rings is 1. The Kier molecular flexibility index (Phi) is 4.59. The molecule has 1 unspecified atom stereocenters. The summed E-state index contributed by atoms with van der Waals surface area (Å²) in [6.45, 7) is 4.83. The first-order valence-electron chi connectivity index (χ1n) is 7.90. The molecule has 1 N–H and O–H groups in total. The van der Waals surface area contributed by atoms with Gasteiger partial charge in [-0.15, -0.1) is 0 Å². The Bertz CT molecular complexity index is 622. The van der Waals surface area contributed by atoms with Gasteiger partial charge in [0, 0.05) is 25.7 Å². The van der Waals surface area contributed by atoms with Crippen LogP contribution in [0.3, 0.4) is 0 Å². The summed E-state index contributed by atoms with van der Waals surface area (Å²) in [6, 6.07) is 12.4. The van der Waals surface area contributed by atoms with Gasteiger partial charge in [-0.2, -0.15) is 0 Å². The number of rotatable bonds is 5. The van der Waals surface area contributed by atoms with Crippen molar-refractivity contribution in [1.82, 2.24) is 10.2 Å². The lowest BCUT2D eigenvalue weighted by molar-refractivity contribution is 0.0899. The molecular formula is C18H22N2O2. The van der Waals surface area contributed by atoms with Gasteiger partial charge in [0.15, 0.2) is 5.76 Å². The summed E-state index contributed by atoms with van der Waals surface area (Å²) >= 11 is 0. The molecule has 0 bridgehead atoms. The zero-order valence-electron chi connectivity index (χ0n) is 12.9. The van der Waals surface area contributed by atoms with Gasteiger partial charge >= 0.3 is 0 Å². The van der Waals surface area contributed by atoms with Gasteiger partial charge in [0.1, 0.15) is 0 Å². The highest BCUT2D eigenvalue weighted by Gasteiger charge is 2.23. The van der Waals surface area contributed by atoms with Crippen molar-refractivity contribution in [2.75, 3.05) is 13.1 Å². The number of nitrogens with one attached hydrogen (secondary N) is 1. The first-order valence-corrected chi connectivity index (χ1v) is 7.90. The second-order valence-corrected chi connectivity index (χ2v) is 5.74. The second-order valence-electron chi connectivity index (χ2n) is 5.74. The quantitative estimate of drug-likeness (QED) is 0.923. The topological polar surface area (TPSA) is 45.5 Å². The van der Waals surface area contributed by atoms with Gasteiger partial charge in [0.05, 0.1) is 6.26 Å². The Hall–Kier alpha value is -2.07. The van der Waals surface area contributed by atoms with Gasteiger partial charge in [0.25, 0.3) is 5.91 Å². The summed E-state index contributed by atoms with van der Waals surface area (Å²) in [5, 5.41) is 2.98. The Morgan fingerprint density at radius 3 is 2.82 bits per heavy atom. The molecule has 0 saturated carbocycles. The molecule has 116 valence electrons. The number of carbonyl (C=O) groups excluding carboxylic acids is 1. The summed E-state index contributed by atoms with van der Waals surface area (Å²) in [5.74, 6) is 0.236. The molecule has 0 spiro atoms. The third kappa shape index (κ3) is 3.22. The first kappa shape index (κ1) is 14.9. The smallest absolute Gasteiger partial charge is 0.287 e. The summed E-state index contributed by atoms with van der Waals surface area (Å²) < 4.78 is 5.13. The average Bonchev–Trinajstić information content (AvgIpc) is 3.09. The van der Waals surface area contributed by atoms with Crippen LogP contribution in [0.4, 0.5) is 0 Å². The van der Waals surface area contributed by atoms with E-state index in [0.29, 0.717) is 18.3 Å². The van der Waals surface area contributed by atoms with E-state index in [-0.39, 0.29) is 5.91 Å². The Balaban J connectivity index is 1.59. The van der Waals surface area contributed by atoms with Crippen molar-refractivity contribution >= 4 is 5.91 Å². The molecule has 1 aromatic heterocycles. The van der Waals surface area contributed by atoms with Gasteiger partial charge in [-0.05, 0) is 36.1 Å². The van der Waals surface area contributed by atoms with Crippen LogP contribution in [0, 0.1) is 0 Å². The van der Waals surface area contributed by atoms with E-state index in [1.807, 2.05) is 0 Å². The van der Waals surface area contributed by atoms with Crippen LogP contribution in [0.2, 0.25) is 0 Å². The van der Waals surface area contributed by atoms with Crippen LogP contribution >= 0.6 is 0 Å². The molecule has 4 heteroatoms. The van der Waals surface area contributed by atoms with Crippen LogP contribution in [-0.4, -0.2) is 29.9 Å². The number of fused-ring (bicyclic) bond motifs is 1. The normalized spacial score (nSPS) is 16.0. The van der Waals surface area contributed by atoms with E-state index in [1.165, 1.54) is 17.4 Å². The van der Waals surface area contributed by atoms with E-state index in [4.69, 9.17) is 4.42 Å². The first-order chi connectivity index (χ1) is 10.8. The molecule has 0 saturated heterocycles. The molecule has 1 atom stereocenters. The van der Waals surface area contributed by atoms with E-state index < -0.39 is 0 Å². The zero-order chi connectivity index (χ0) is 15.4. The number of nitrogens with zero attached hydrogens (tertiary/aromatic N) is 1. The third-order valence-electron chi connectivity index (χ3n) is 4.39. The van der Waals surface area contributed by atoms with Crippen LogP contribution in [0.5, 0.6) is 0 Å². The molecular weight excluding hydrogens is 276 g/mol. The van der Waals surface area contributed by atoms with E-state index in [0.717, 1.165) is 25.9 Å². The maximum absolute atomic E-state index is 12.0. The van der Waals surface area contributed by atoms with Crippen molar-refractivity contribution in [1.29, 1.82) is 0 Å². The molecule has 1 amide bonds. The molecule has 3 rings (SSSR count). The fraction of sp³-hybridized carbons (Fsp3) is 0.389. The maximum atomic E-state index is 12.0. The summed E-state index contributed by atoms with van der Waals surface area (Å²) in [6.07, 6.45) is 3.62. The van der Waals surface area contributed by atoms with Gasteiger partial charge in [0.2, 0.25) is 0 Å². The van der Waals surface area contributed by atoms with Crippen LogP contribution in [-0.2, 0) is 13.0 Å². The van der Waals surface area contributed by atoms with Crippen molar-refractivity contribution in [3.8, 4) is 0 Å². The third-order valence-corrected chi connectivity index (χ3v) is 4.39. The summed E-state index contributed by atoms with van der Waals surface area (Å²) in [7, 11) is 0. The van der Waals surface area contributed by atoms with Gasteiger partial charge < -0.3 is 9.73 Å². The largest absolute Gasteiger partial charge is 0.459 e. The maximum Gasteiger partial charge on any atom is 0.287 e. The minimum Gasteiger partial charge on any atom is -0.459 e. The Morgan fingerprint density at radius 2 is 2.09 bits per heavy atom. The van der Waals surface area contributed by atoms with Gasteiger partial charge in [-0.25, -0.2) is 0 Å². The minimum atomic E-state index is -0.138. The van der Waals surface area contributed by atoms with Crippen LogP contribution in [0.15, 0.2) is 47.1 Å². The fourth-order valence-corrected chi connectivity index (χ4v) is 3.07. The molecule has 0 radical (unpaired) electrons. The Labute approximate surface area is 131 Å². The van der Waals surface area contributed by atoms with Gasteiger partial charge in [-0.1, -0.05) is 31.2 Å².